The van der Waals surface area contributed by atoms with E-state index in [-0.39, 0.29) is 0 Å². The summed E-state index contributed by atoms with van der Waals surface area (Å²) in [4.78, 5) is 0. The molecule has 0 spiro atoms. The Hall–Kier alpha value is -4.06. The Morgan fingerprint density at radius 3 is 2.12 bits per heavy atom. The Labute approximate surface area is 199 Å². The van der Waals surface area contributed by atoms with Gasteiger partial charge in [-0.25, -0.2) is 0 Å². The summed E-state index contributed by atoms with van der Waals surface area (Å²) >= 11 is 0. The van der Waals surface area contributed by atoms with E-state index in [0.29, 0.717) is 18.0 Å². The van der Waals surface area contributed by atoms with Crippen LogP contribution < -0.4 is 14.2 Å². The van der Waals surface area contributed by atoms with Crippen LogP contribution >= 0.6 is 0 Å². The molecule has 2 heterocycles. The van der Waals surface area contributed by atoms with Crippen LogP contribution in [0, 0.1) is 13.8 Å². The van der Waals surface area contributed by atoms with E-state index in [1.165, 1.54) is 11.1 Å². The van der Waals surface area contributed by atoms with Crippen molar-refractivity contribution < 1.29 is 14.2 Å². The summed E-state index contributed by atoms with van der Waals surface area (Å²) in [5.41, 5.74) is 8.40. The number of pyridine rings is 1. The number of rotatable bonds is 6. The van der Waals surface area contributed by atoms with Crippen molar-refractivity contribution in [3.05, 3.63) is 77.5 Å². The van der Waals surface area contributed by atoms with Gasteiger partial charge in [0.25, 0.3) is 0 Å². The maximum absolute atomic E-state index is 5.60. The second-order valence-corrected chi connectivity index (χ2v) is 8.44. The van der Waals surface area contributed by atoms with Gasteiger partial charge in [-0.1, -0.05) is 24.3 Å². The van der Waals surface area contributed by atoms with Gasteiger partial charge in [0.2, 0.25) is 0 Å². The zero-order valence-electron chi connectivity index (χ0n) is 20.0. The van der Waals surface area contributed by atoms with Crippen molar-refractivity contribution in [3.8, 4) is 39.8 Å². The van der Waals surface area contributed by atoms with Crippen molar-refractivity contribution in [2.75, 3.05) is 21.3 Å². The Kier molecular flexibility index (Phi) is 5.57. The molecule has 2 aliphatic rings. The SMILES string of the molecule is COc1ccc(Cn2cc3c(-c4ccc(C)c(C)c4)nnc-3c3cc(OC)c(OC)cc32)cc1. The molecule has 0 unspecified atom stereocenters. The summed E-state index contributed by atoms with van der Waals surface area (Å²) in [6.07, 6.45) is 2.14. The van der Waals surface area contributed by atoms with Gasteiger partial charge in [0.15, 0.2) is 11.5 Å². The standard InChI is InChI=1S/C28H27N3O3/c1-17-6-9-20(12-18(17)2)27-23-16-31(15-19-7-10-21(32-3)11-8-19)24-14-26(34-5)25(33-4)13-22(24)28(23)30-29-27/h6-14,16H,15H2,1-5H3. The van der Waals surface area contributed by atoms with Gasteiger partial charge >= 0.3 is 0 Å². The molecule has 2 aliphatic heterocycles. The Balaban J connectivity index is 1.74. The maximum atomic E-state index is 5.60. The molecule has 0 N–H and O–H groups in total. The Morgan fingerprint density at radius 2 is 1.44 bits per heavy atom. The molecule has 172 valence electrons. The van der Waals surface area contributed by atoms with Crippen molar-refractivity contribution in [2.45, 2.75) is 20.4 Å². The van der Waals surface area contributed by atoms with Gasteiger partial charge in [-0.3, -0.25) is 0 Å². The lowest BCUT2D eigenvalue weighted by Gasteiger charge is -2.18. The van der Waals surface area contributed by atoms with Gasteiger partial charge in [0, 0.05) is 35.3 Å². The van der Waals surface area contributed by atoms with Crippen LogP contribution in [0.5, 0.6) is 17.2 Å². The zero-order valence-corrected chi connectivity index (χ0v) is 20.0. The summed E-state index contributed by atoms with van der Waals surface area (Å²) in [7, 11) is 4.97. The van der Waals surface area contributed by atoms with Crippen molar-refractivity contribution in [2.24, 2.45) is 0 Å². The van der Waals surface area contributed by atoms with Gasteiger partial charge in [0.05, 0.1) is 26.8 Å². The molecule has 0 saturated heterocycles. The molecular weight excluding hydrogens is 426 g/mol. The molecule has 6 nitrogen and oxygen atoms in total. The summed E-state index contributed by atoms with van der Waals surface area (Å²) in [6.45, 7) is 4.90. The molecule has 0 aliphatic carbocycles. The fourth-order valence-electron chi connectivity index (χ4n) is 4.32. The second kappa shape index (κ2) is 8.71. The first-order valence-electron chi connectivity index (χ1n) is 11.1. The Bertz CT molecular complexity index is 1450. The van der Waals surface area contributed by atoms with E-state index in [1.54, 1.807) is 21.3 Å². The van der Waals surface area contributed by atoms with Crippen LogP contribution in [0.1, 0.15) is 16.7 Å². The van der Waals surface area contributed by atoms with Crippen molar-refractivity contribution in [3.63, 3.8) is 0 Å². The molecule has 3 aromatic rings. The number of hydrogen-bond donors (Lipinski definition) is 0. The molecule has 34 heavy (non-hydrogen) atoms. The quantitative estimate of drug-likeness (QED) is 0.321. The fourth-order valence-corrected chi connectivity index (χ4v) is 4.32. The number of aromatic nitrogens is 3. The first-order valence-corrected chi connectivity index (χ1v) is 11.1. The molecule has 5 rings (SSSR count). The van der Waals surface area contributed by atoms with Gasteiger partial charge < -0.3 is 18.8 Å². The minimum Gasteiger partial charge on any atom is -0.497 e. The third-order valence-electron chi connectivity index (χ3n) is 6.40. The smallest absolute Gasteiger partial charge is 0.162 e. The number of fused-ring (bicyclic) bond motifs is 3. The van der Waals surface area contributed by atoms with Crippen LogP contribution in [-0.4, -0.2) is 36.1 Å². The first-order chi connectivity index (χ1) is 16.5. The van der Waals surface area contributed by atoms with E-state index in [9.17, 15) is 0 Å². The summed E-state index contributed by atoms with van der Waals surface area (Å²) in [5.74, 6) is 2.17. The summed E-state index contributed by atoms with van der Waals surface area (Å²) in [5, 5.41) is 10.2. The second-order valence-electron chi connectivity index (χ2n) is 8.44. The predicted molar refractivity (Wildman–Crippen MR) is 134 cm³/mol. The maximum Gasteiger partial charge on any atom is 0.162 e. The number of ether oxygens (including phenoxy) is 3. The first kappa shape index (κ1) is 21.8. The highest BCUT2D eigenvalue weighted by Gasteiger charge is 2.22. The minimum atomic E-state index is 0.661. The normalized spacial score (nSPS) is 11.2. The minimum absolute atomic E-state index is 0.661. The van der Waals surface area contributed by atoms with Gasteiger partial charge in [-0.15, -0.1) is 10.2 Å². The van der Waals surface area contributed by atoms with Crippen molar-refractivity contribution in [1.82, 2.24) is 14.8 Å². The van der Waals surface area contributed by atoms with Gasteiger partial charge in [-0.2, -0.15) is 0 Å². The van der Waals surface area contributed by atoms with Crippen LogP contribution in [-0.2, 0) is 6.54 Å². The molecule has 0 aromatic heterocycles. The molecule has 0 saturated carbocycles. The van der Waals surface area contributed by atoms with E-state index >= 15 is 0 Å². The third kappa shape index (κ3) is 3.71. The summed E-state index contributed by atoms with van der Waals surface area (Å²) in [6, 6.07) is 18.5. The Morgan fingerprint density at radius 1 is 0.735 bits per heavy atom. The monoisotopic (exact) mass is 453 g/mol. The zero-order chi connectivity index (χ0) is 23.8. The average molecular weight is 454 g/mol. The fraction of sp³-hybridized carbons (Fsp3) is 0.214. The van der Waals surface area contributed by atoms with E-state index in [0.717, 1.165) is 44.7 Å². The number of nitrogens with zero attached hydrogens (tertiary/aromatic N) is 3. The number of hydrogen-bond acceptors (Lipinski definition) is 5. The molecule has 6 heteroatoms. The van der Waals surface area contributed by atoms with Crippen molar-refractivity contribution >= 4 is 10.9 Å². The molecule has 0 fully saturated rings. The highest BCUT2D eigenvalue weighted by molar-refractivity contribution is 5.99. The van der Waals surface area contributed by atoms with Crippen LogP contribution in [0.4, 0.5) is 0 Å². The molecular formula is C28H27N3O3. The van der Waals surface area contributed by atoms with Crippen LogP contribution in [0.2, 0.25) is 0 Å². The van der Waals surface area contributed by atoms with Crippen molar-refractivity contribution in [1.29, 1.82) is 0 Å². The highest BCUT2D eigenvalue weighted by atomic mass is 16.5. The topological polar surface area (TPSA) is 58.4 Å². The van der Waals surface area contributed by atoms with Crippen LogP contribution in [0.25, 0.3) is 33.4 Å². The molecule has 0 radical (unpaired) electrons. The molecule has 0 atom stereocenters. The van der Waals surface area contributed by atoms with Gasteiger partial charge in [0.1, 0.15) is 17.1 Å². The van der Waals surface area contributed by atoms with E-state index in [4.69, 9.17) is 14.2 Å². The predicted octanol–water partition coefficient (Wildman–Crippen LogP) is 5.89. The molecule has 0 amide bonds. The number of methoxy groups -OCH3 is 3. The summed E-state index contributed by atoms with van der Waals surface area (Å²) < 4.78 is 18.7. The van der Waals surface area contributed by atoms with E-state index < -0.39 is 0 Å². The lowest BCUT2D eigenvalue weighted by molar-refractivity contribution is 0.355. The molecule has 3 aromatic carbocycles. The van der Waals surface area contributed by atoms with Gasteiger partial charge in [-0.05, 0) is 54.8 Å². The average Bonchev–Trinajstić information content (AvgIpc) is 3.29. The lowest BCUT2D eigenvalue weighted by Crippen LogP contribution is -2.05. The van der Waals surface area contributed by atoms with E-state index in [2.05, 4.69) is 65.1 Å². The third-order valence-corrected chi connectivity index (χ3v) is 6.40. The van der Waals surface area contributed by atoms with Crippen LogP contribution in [0.3, 0.4) is 0 Å². The largest absolute Gasteiger partial charge is 0.497 e. The number of aryl methyl sites for hydroxylation is 2. The lowest BCUT2D eigenvalue weighted by atomic mass is 9.98. The van der Waals surface area contributed by atoms with E-state index in [1.807, 2.05) is 24.3 Å². The number of benzene rings is 3. The van der Waals surface area contributed by atoms with Crippen LogP contribution in [0.15, 0.2) is 60.8 Å². The highest BCUT2D eigenvalue weighted by Crippen LogP contribution is 2.41. The molecule has 0 bridgehead atoms.